The van der Waals surface area contributed by atoms with Gasteiger partial charge in [-0.15, -0.1) is 0 Å². The highest BCUT2D eigenvalue weighted by Crippen LogP contribution is 2.22. The highest BCUT2D eigenvalue weighted by atomic mass is 16.6. The third kappa shape index (κ3) is 8.20. The van der Waals surface area contributed by atoms with Crippen molar-refractivity contribution in [3.63, 3.8) is 0 Å². The van der Waals surface area contributed by atoms with Gasteiger partial charge in [0.15, 0.2) is 0 Å². The van der Waals surface area contributed by atoms with Crippen LogP contribution in [0.2, 0.25) is 0 Å². The van der Waals surface area contributed by atoms with Gasteiger partial charge in [-0.05, 0) is 46.5 Å². The van der Waals surface area contributed by atoms with Gasteiger partial charge in [-0.2, -0.15) is 0 Å². The largest absolute Gasteiger partial charge is 0.444 e. The van der Waals surface area contributed by atoms with Crippen molar-refractivity contribution in [3.05, 3.63) is 0 Å². The standard InChI is InChI=1S/C19H36N2O5/c1-19(2,3)26-18(23)21-9-7-20(8-10-21)6-4-11-24-12-5-13-25-17-14-16(22)15-17/h16-17,22H,4-15H2,1-3H3. The van der Waals surface area contributed by atoms with E-state index in [1.165, 1.54) is 0 Å². The normalized spacial score (nSPS) is 24.4. The molecule has 0 unspecified atom stereocenters. The van der Waals surface area contributed by atoms with Crippen LogP contribution in [-0.2, 0) is 14.2 Å². The summed E-state index contributed by atoms with van der Waals surface area (Å²) in [6, 6.07) is 0. The van der Waals surface area contributed by atoms with Crippen molar-refractivity contribution in [1.82, 2.24) is 9.80 Å². The molecule has 0 spiro atoms. The molecule has 0 aromatic heterocycles. The molecule has 1 aliphatic carbocycles. The molecule has 1 saturated heterocycles. The molecule has 0 aromatic rings. The van der Waals surface area contributed by atoms with Crippen molar-refractivity contribution in [3.8, 4) is 0 Å². The summed E-state index contributed by atoms with van der Waals surface area (Å²) in [4.78, 5) is 16.2. The molecule has 0 aromatic carbocycles. The molecular weight excluding hydrogens is 336 g/mol. The second-order valence-electron chi connectivity index (χ2n) is 8.25. The molecule has 1 N–H and O–H groups in total. The summed E-state index contributed by atoms with van der Waals surface area (Å²) < 4.78 is 16.7. The predicted octanol–water partition coefficient (Wildman–Crippen LogP) is 1.88. The number of aliphatic hydroxyl groups excluding tert-OH is 1. The van der Waals surface area contributed by atoms with E-state index in [1.807, 2.05) is 20.8 Å². The fraction of sp³-hybridized carbons (Fsp3) is 0.947. The minimum atomic E-state index is -0.435. The van der Waals surface area contributed by atoms with E-state index in [4.69, 9.17) is 14.2 Å². The van der Waals surface area contributed by atoms with E-state index in [-0.39, 0.29) is 18.3 Å². The topological polar surface area (TPSA) is 71.5 Å². The van der Waals surface area contributed by atoms with Crippen LogP contribution in [0.25, 0.3) is 0 Å². The Morgan fingerprint density at radius 1 is 1.04 bits per heavy atom. The first-order valence-electron chi connectivity index (χ1n) is 9.91. The number of aliphatic hydroxyl groups is 1. The van der Waals surface area contributed by atoms with Gasteiger partial charge in [0.1, 0.15) is 5.60 Å². The average molecular weight is 373 g/mol. The SMILES string of the molecule is CC(C)(C)OC(=O)N1CCN(CCCOCCCOC2CC(O)C2)CC1. The molecule has 152 valence electrons. The molecular formula is C19H36N2O5. The minimum Gasteiger partial charge on any atom is -0.444 e. The molecule has 0 atom stereocenters. The van der Waals surface area contributed by atoms with Crippen LogP contribution in [0.5, 0.6) is 0 Å². The van der Waals surface area contributed by atoms with Gasteiger partial charge >= 0.3 is 6.09 Å². The molecule has 2 aliphatic rings. The highest BCUT2D eigenvalue weighted by molar-refractivity contribution is 5.68. The maximum absolute atomic E-state index is 12.0. The number of carbonyl (C=O) groups is 1. The number of carbonyl (C=O) groups excluding carboxylic acids is 1. The lowest BCUT2D eigenvalue weighted by atomic mass is 9.92. The molecule has 1 saturated carbocycles. The van der Waals surface area contributed by atoms with Crippen LogP contribution in [-0.4, -0.2) is 91.4 Å². The average Bonchev–Trinajstić information content (AvgIpc) is 2.54. The van der Waals surface area contributed by atoms with E-state index in [9.17, 15) is 9.90 Å². The Labute approximate surface area is 157 Å². The minimum absolute atomic E-state index is 0.151. The summed E-state index contributed by atoms with van der Waals surface area (Å²) in [7, 11) is 0. The molecule has 1 heterocycles. The van der Waals surface area contributed by atoms with Gasteiger partial charge in [0, 0.05) is 52.5 Å². The Kier molecular flexibility index (Phi) is 8.60. The molecule has 7 heteroatoms. The van der Waals surface area contributed by atoms with Crippen LogP contribution in [0.3, 0.4) is 0 Å². The summed E-state index contributed by atoms with van der Waals surface area (Å²) >= 11 is 0. The molecule has 2 rings (SSSR count). The molecule has 26 heavy (non-hydrogen) atoms. The van der Waals surface area contributed by atoms with E-state index >= 15 is 0 Å². The Bertz CT molecular complexity index is 413. The lowest BCUT2D eigenvalue weighted by Crippen LogP contribution is -2.50. The van der Waals surface area contributed by atoms with Crippen molar-refractivity contribution >= 4 is 6.09 Å². The van der Waals surface area contributed by atoms with Crippen molar-refractivity contribution in [2.45, 2.75) is 64.3 Å². The van der Waals surface area contributed by atoms with Gasteiger partial charge in [-0.1, -0.05) is 0 Å². The molecule has 0 bridgehead atoms. The number of hydrogen-bond donors (Lipinski definition) is 1. The smallest absolute Gasteiger partial charge is 0.410 e. The van der Waals surface area contributed by atoms with E-state index in [2.05, 4.69) is 4.90 Å². The fourth-order valence-corrected chi connectivity index (χ4v) is 3.06. The maximum atomic E-state index is 12.0. The van der Waals surface area contributed by atoms with Gasteiger partial charge in [0.25, 0.3) is 0 Å². The predicted molar refractivity (Wildman–Crippen MR) is 99.3 cm³/mol. The van der Waals surface area contributed by atoms with Crippen molar-refractivity contribution < 1.29 is 24.1 Å². The lowest BCUT2D eigenvalue weighted by Gasteiger charge is -2.35. The van der Waals surface area contributed by atoms with Crippen LogP contribution in [0.15, 0.2) is 0 Å². The van der Waals surface area contributed by atoms with Gasteiger partial charge < -0.3 is 24.2 Å². The van der Waals surface area contributed by atoms with Gasteiger partial charge in [-0.25, -0.2) is 4.79 Å². The second-order valence-corrected chi connectivity index (χ2v) is 8.25. The second kappa shape index (κ2) is 10.4. The van der Waals surface area contributed by atoms with E-state index in [1.54, 1.807) is 4.90 Å². The first-order valence-corrected chi connectivity index (χ1v) is 9.91. The maximum Gasteiger partial charge on any atom is 0.410 e. The summed E-state index contributed by atoms with van der Waals surface area (Å²) in [5.74, 6) is 0. The first kappa shape index (κ1) is 21.4. The van der Waals surface area contributed by atoms with Crippen LogP contribution >= 0.6 is 0 Å². The van der Waals surface area contributed by atoms with E-state index in [0.29, 0.717) is 6.61 Å². The van der Waals surface area contributed by atoms with Gasteiger partial charge in [0.05, 0.1) is 12.2 Å². The lowest BCUT2D eigenvalue weighted by molar-refractivity contribution is -0.0744. The number of ether oxygens (including phenoxy) is 3. The Morgan fingerprint density at radius 2 is 1.69 bits per heavy atom. The molecule has 7 nitrogen and oxygen atoms in total. The summed E-state index contributed by atoms with van der Waals surface area (Å²) in [6.45, 7) is 12.1. The highest BCUT2D eigenvalue weighted by Gasteiger charge is 2.27. The fourth-order valence-electron chi connectivity index (χ4n) is 3.06. The van der Waals surface area contributed by atoms with Gasteiger partial charge in [0.2, 0.25) is 0 Å². The van der Waals surface area contributed by atoms with Crippen LogP contribution in [0, 0.1) is 0 Å². The molecule has 0 radical (unpaired) electrons. The van der Waals surface area contributed by atoms with Crippen LogP contribution in [0.1, 0.15) is 46.5 Å². The summed E-state index contributed by atoms with van der Waals surface area (Å²) in [5, 5.41) is 9.18. The monoisotopic (exact) mass is 372 g/mol. The number of amides is 1. The van der Waals surface area contributed by atoms with Gasteiger partial charge in [-0.3, -0.25) is 4.90 Å². The molecule has 1 aliphatic heterocycles. The quantitative estimate of drug-likeness (QED) is 0.623. The van der Waals surface area contributed by atoms with Crippen molar-refractivity contribution in [2.75, 3.05) is 52.5 Å². The van der Waals surface area contributed by atoms with Crippen LogP contribution < -0.4 is 0 Å². The third-order valence-electron chi connectivity index (χ3n) is 4.64. The Hall–Kier alpha value is -0.890. The zero-order valence-corrected chi connectivity index (χ0v) is 16.6. The summed E-state index contributed by atoms with van der Waals surface area (Å²) in [6.07, 6.45) is 3.36. The van der Waals surface area contributed by atoms with Crippen molar-refractivity contribution in [1.29, 1.82) is 0 Å². The number of rotatable bonds is 9. The number of hydrogen-bond acceptors (Lipinski definition) is 6. The first-order chi connectivity index (χ1) is 12.3. The van der Waals surface area contributed by atoms with Crippen LogP contribution in [0.4, 0.5) is 4.79 Å². The zero-order chi connectivity index (χ0) is 19.0. The Morgan fingerprint density at radius 3 is 2.31 bits per heavy atom. The van der Waals surface area contributed by atoms with E-state index in [0.717, 1.165) is 71.6 Å². The molecule has 1 amide bonds. The Balaban J connectivity index is 1.41. The van der Waals surface area contributed by atoms with E-state index < -0.39 is 5.60 Å². The molecule has 2 fully saturated rings. The van der Waals surface area contributed by atoms with Crippen molar-refractivity contribution in [2.24, 2.45) is 0 Å². The number of nitrogens with zero attached hydrogens (tertiary/aromatic N) is 2. The third-order valence-corrected chi connectivity index (χ3v) is 4.64. The number of piperazine rings is 1. The zero-order valence-electron chi connectivity index (χ0n) is 16.6. The summed E-state index contributed by atoms with van der Waals surface area (Å²) in [5.41, 5.74) is -0.435.